The first-order chi connectivity index (χ1) is 11.7. The Hall–Kier alpha value is -2.57. The number of amides is 2. The minimum Gasteiger partial charge on any atom is -0.365 e. The van der Waals surface area contributed by atoms with Crippen LogP contribution in [0.5, 0.6) is 0 Å². The van der Waals surface area contributed by atoms with Crippen LogP contribution >= 0.6 is 0 Å². The average molecular weight is 329 g/mol. The smallest absolute Gasteiger partial charge is 0.252 e. The molecule has 0 aliphatic carbocycles. The molecule has 1 atom stereocenters. The van der Waals surface area contributed by atoms with E-state index in [2.05, 4.69) is 14.8 Å². The molecule has 2 aromatic heterocycles. The zero-order chi connectivity index (χ0) is 16.9. The van der Waals surface area contributed by atoms with E-state index in [1.54, 1.807) is 0 Å². The Kier molecular flexibility index (Phi) is 4.98. The Bertz CT molecular complexity index is 692. The van der Waals surface area contributed by atoms with Crippen molar-refractivity contribution in [3.63, 3.8) is 0 Å². The summed E-state index contributed by atoms with van der Waals surface area (Å²) in [7, 11) is 0. The topological polar surface area (TPSA) is 97.0 Å². The first-order valence-corrected chi connectivity index (χ1v) is 8.40. The van der Waals surface area contributed by atoms with Crippen molar-refractivity contribution in [1.82, 2.24) is 19.7 Å². The first kappa shape index (κ1) is 16.3. The van der Waals surface area contributed by atoms with Crippen LogP contribution in [0, 0.1) is 0 Å². The Balaban J connectivity index is 1.66. The van der Waals surface area contributed by atoms with Gasteiger partial charge in [-0.05, 0) is 37.8 Å². The second-order valence-corrected chi connectivity index (χ2v) is 6.18. The molecule has 1 unspecified atom stereocenters. The lowest BCUT2D eigenvalue weighted by atomic mass is 9.96. The molecule has 7 nitrogen and oxygen atoms in total. The molecule has 0 radical (unpaired) electrons. The Labute approximate surface area is 140 Å². The Morgan fingerprint density at radius 2 is 2.08 bits per heavy atom. The van der Waals surface area contributed by atoms with Crippen molar-refractivity contribution in [2.75, 3.05) is 6.54 Å². The lowest BCUT2D eigenvalue weighted by molar-refractivity contribution is -0.135. The molecule has 1 fully saturated rings. The highest BCUT2D eigenvalue weighted by molar-refractivity contribution is 5.94. The predicted molar refractivity (Wildman–Crippen MR) is 89.1 cm³/mol. The van der Waals surface area contributed by atoms with Gasteiger partial charge in [0.15, 0.2) is 0 Å². The van der Waals surface area contributed by atoms with Crippen LogP contribution in [0.1, 0.15) is 54.2 Å². The SMILES string of the molecule is NC(=O)c1cn[nH]c1C1CCCCN1C(=O)CCCn1cccc1. The molecule has 7 heteroatoms. The quantitative estimate of drug-likeness (QED) is 0.846. The van der Waals surface area contributed by atoms with Crippen LogP contribution < -0.4 is 5.73 Å². The van der Waals surface area contributed by atoms with Crippen LogP contribution in [-0.4, -0.2) is 38.0 Å². The first-order valence-electron chi connectivity index (χ1n) is 8.40. The second kappa shape index (κ2) is 7.33. The molecule has 3 heterocycles. The van der Waals surface area contributed by atoms with E-state index in [1.165, 1.54) is 6.20 Å². The minimum absolute atomic E-state index is 0.122. The highest BCUT2D eigenvalue weighted by atomic mass is 16.2. The largest absolute Gasteiger partial charge is 0.365 e. The molecule has 2 aromatic rings. The number of aryl methyl sites for hydroxylation is 1. The van der Waals surface area contributed by atoms with Crippen molar-refractivity contribution in [1.29, 1.82) is 0 Å². The summed E-state index contributed by atoms with van der Waals surface area (Å²) in [5, 5.41) is 6.81. The Morgan fingerprint density at radius 3 is 2.83 bits per heavy atom. The van der Waals surface area contributed by atoms with Gasteiger partial charge in [0, 0.05) is 31.9 Å². The number of H-pyrrole nitrogens is 1. The fraction of sp³-hybridized carbons (Fsp3) is 0.471. The molecule has 2 amide bonds. The van der Waals surface area contributed by atoms with Crippen LogP contribution in [0.2, 0.25) is 0 Å². The van der Waals surface area contributed by atoms with Crippen LogP contribution in [0.3, 0.4) is 0 Å². The van der Waals surface area contributed by atoms with Crippen LogP contribution in [0.15, 0.2) is 30.7 Å². The predicted octanol–water partition coefficient (Wildman–Crippen LogP) is 1.84. The molecule has 0 aromatic carbocycles. The average Bonchev–Trinajstić information content (AvgIpc) is 3.26. The van der Waals surface area contributed by atoms with Gasteiger partial charge in [-0.15, -0.1) is 0 Å². The van der Waals surface area contributed by atoms with E-state index in [0.717, 1.165) is 32.2 Å². The number of hydrogen-bond donors (Lipinski definition) is 2. The molecule has 0 bridgehead atoms. The minimum atomic E-state index is -0.510. The molecular weight excluding hydrogens is 306 g/mol. The number of hydrogen-bond acceptors (Lipinski definition) is 3. The van der Waals surface area contributed by atoms with Gasteiger partial charge in [0.1, 0.15) is 0 Å². The van der Waals surface area contributed by atoms with Crippen LogP contribution in [0.4, 0.5) is 0 Å². The summed E-state index contributed by atoms with van der Waals surface area (Å²) < 4.78 is 2.07. The summed E-state index contributed by atoms with van der Waals surface area (Å²) >= 11 is 0. The maximum atomic E-state index is 12.7. The van der Waals surface area contributed by atoms with Crippen molar-refractivity contribution in [3.8, 4) is 0 Å². The van der Waals surface area contributed by atoms with Gasteiger partial charge in [0.05, 0.1) is 23.5 Å². The molecule has 3 rings (SSSR count). The number of piperidine rings is 1. The van der Waals surface area contributed by atoms with Crippen LogP contribution in [-0.2, 0) is 11.3 Å². The van der Waals surface area contributed by atoms with Crippen molar-refractivity contribution in [2.24, 2.45) is 5.73 Å². The van der Waals surface area contributed by atoms with Gasteiger partial charge in [-0.1, -0.05) is 0 Å². The number of rotatable bonds is 6. The number of aromatic amines is 1. The van der Waals surface area contributed by atoms with Gasteiger partial charge >= 0.3 is 0 Å². The highest BCUT2D eigenvalue weighted by Gasteiger charge is 2.31. The maximum absolute atomic E-state index is 12.7. The van der Waals surface area contributed by atoms with Gasteiger partial charge in [-0.3, -0.25) is 14.7 Å². The maximum Gasteiger partial charge on any atom is 0.252 e. The molecule has 0 saturated carbocycles. The van der Waals surface area contributed by atoms with Gasteiger partial charge in [0.2, 0.25) is 5.91 Å². The van der Waals surface area contributed by atoms with E-state index < -0.39 is 5.91 Å². The molecule has 1 saturated heterocycles. The lowest BCUT2D eigenvalue weighted by Gasteiger charge is -2.35. The summed E-state index contributed by atoms with van der Waals surface area (Å²) in [6, 6.07) is 3.82. The summed E-state index contributed by atoms with van der Waals surface area (Å²) in [5.74, 6) is -0.388. The zero-order valence-corrected chi connectivity index (χ0v) is 13.6. The van der Waals surface area contributed by atoms with E-state index in [9.17, 15) is 9.59 Å². The Morgan fingerprint density at radius 1 is 1.29 bits per heavy atom. The molecule has 1 aliphatic heterocycles. The normalized spacial score (nSPS) is 17.8. The summed E-state index contributed by atoms with van der Waals surface area (Å²) in [6.07, 6.45) is 9.56. The molecule has 24 heavy (non-hydrogen) atoms. The summed E-state index contributed by atoms with van der Waals surface area (Å²) in [5.41, 5.74) is 6.47. The third-order valence-electron chi connectivity index (χ3n) is 4.56. The fourth-order valence-electron chi connectivity index (χ4n) is 3.35. The number of carbonyl (C=O) groups excluding carboxylic acids is 2. The van der Waals surface area contributed by atoms with E-state index >= 15 is 0 Å². The van der Waals surface area contributed by atoms with E-state index in [-0.39, 0.29) is 11.9 Å². The van der Waals surface area contributed by atoms with Gasteiger partial charge in [-0.2, -0.15) is 5.10 Å². The van der Waals surface area contributed by atoms with E-state index in [1.807, 2.05) is 29.4 Å². The lowest BCUT2D eigenvalue weighted by Crippen LogP contribution is -2.39. The van der Waals surface area contributed by atoms with Crippen molar-refractivity contribution >= 4 is 11.8 Å². The monoisotopic (exact) mass is 329 g/mol. The molecule has 0 spiro atoms. The number of likely N-dealkylation sites (tertiary alicyclic amines) is 1. The molecule has 128 valence electrons. The second-order valence-electron chi connectivity index (χ2n) is 6.18. The standard InChI is InChI=1S/C17H23N5O2/c18-17(24)13-12-19-20-16(13)14-6-1-2-11-22(14)15(23)7-5-10-21-8-3-4-9-21/h3-4,8-9,12,14H,1-2,5-7,10-11H2,(H2,18,24)(H,19,20). The molecule has 3 N–H and O–H groups in total. The van der Waals surface area contributed by atoms with Crippen molar-refractivity contribution in [2.45, 2.75) is 44.7 Å². The molecular formula is C17H23N5O2. The van der Waals surface area contributed by atoms with E-state index in [0.29, 0.717) is 24.2 Å². The number of aromatic nitrogens is 3. The zero-order valence-electron chi connectivity index (χ0n) is 13.6. The van der Waals surface area contributed by atoms with Gasteiger partial charge < -0.3 is 15.2 Å². The number of nitrogens with one attached hydrogen (secondary N) is 1. The highest BCUT2D eigenvalue weighted by Crippen LogP contribution is 2.32. The number of primary amides is 1. The van der Waals surface area contributed by atoms with Crippen molar-refractivity contribution < 1.29 is 9.59 Å². The third kappa shape index (κ3) is 3.50. The van der Waals surface area contributed by atoms with Crippen LogP contribution in [0.25, 0.3) is 0 Å². The fourth-order valence-corrected chi connectivity index (χ4v) is 3.35. The van der Waals surface area contributed by atoms with Gasteiger partial charge in [0.25, 0.3) is 5.91 Å². The number of carbonyl (C=O) groups is 2. The number of nitrogens with zero attached hydrogens (tertiary/aromatic N) is 3. The molecule has 1 aliphatic rings. The van der Waals surface area contributed by atoms with Gasteiger partial charge in [-0.25, -0.2) is 0 Å². The van der Waals surface area contributed by atoms with Crippen molar-refractivity contribution in [3.05, 3.63) is 42.0 Å². The van der Waals surface area contributed by atoms with E-state index in [4.69, 9.17) is 5.73 Å². The third-order valence-corrected chi connectivity index (χ3v) is 4.56. The summed E-state index contributed by atoms with van der Waals surface area (Å²) in [6.45, 7) is 1.54. The summed E-state index contributed by atoms with van der Waals surface area (Å²) in [4.78, 5) is 26.1. The number of nitrogens with two attached hydrogens (primary N) is 1.